The molecule has 0 saturated carbocycles. The Morgan fingerprint density at radius 2 is 1.53 bits per heavy atom. The molecule has 30 heavy (non-hydrogen) atoms. The Labute approximate surface area is 182 Å². The molecule has 0 spiro atoms. The Balaban J connectivity index is 5.80. The number of amides is 2. The molecule has 8 nitrogen and oxygen atoms in total. The maximum absolute atomic E-state index is 13.4. The van der Waals surface area contributed by atoms with Crippen LogP contribution in [0.2, 0.25) is 0 Å². The number of carbonyl (C=O) groups is 3. The normalized spacial score (nSPS) is 16.8. The first-order valence-corrected chi connectivity index (χ1v) is 10.8. The fourth-order valence-electron chi connectivity index (χ4n) is 4.01. The number of carbonyl (C=O) groups excluding carboxylic acids is 2. The summed E-state index contributed by atoms with van der Waals surface area (Å²) < 4.78 is 5.47. The van der Waals surface area contributed by atoms with Gasteiger partial charge in [-0.1, -0.05) is 48.0 Å². The number of aliphatic carboxylic acids is 1. The lowest BCUT2D eigenvalue weighted by atomic mass is 9.90. The third-order valence-corrected chi connectivity index (χ3v) is 5.77. The lowest BCUT2D eigenvalue weighted by Crippen LogP contribution is -2.59. The second-order valence-electron chi connectivity index (χ2n) is 9.08. The van der Waals surface area contributed by atoms with E-state index in [-0.39, 0.29) is 42.0 Å². The summed E-state index contributed by atoms with van der Waals surface area (Å²) in [5.74, 6) is -1.42. The molecule has 176 valence electrons. The Kier molecular flexibility index (Phi) is 12.2. The van der Waals surface area contributed by atoms with Gasteiger partial charge in [-0.3, -0.25) is 19.3 Å². The van der Waals surface area contributed by atoms with Crippen LogP contribution in [0.25, 0.3) is 0 Å². The minimum Gasteiger partial charge on any atom is -0.481 e. The molecular formula is C22H43N3O5. The SMILES string of the molecule is CCC(C)C(C(CC(=O)O)OC)N(C)C(=O)[C@@H](NC(=O)[C@H](C(C)C)N(C)C)C(C)C. The number of methoxy groups -OCH3 is 1. The van der Waals surface area contributed by atoms with Crippen molar-refractivity contribution in [3.8, 4) is 0 Å². The highest BCUT2D eigenvalue weighted by Crippen LogP contribution is 2.23. The van der Waals surface area contributed by atoms with Gasteiger partial charge in [0.1, 0.15) is 6.04 Å². The molecule has 0 aliphatic carbocycles. The number of hydrogen-bond acceptors (Lipinski definition) is 5. The van der Waals surface area contributed by atoms with Crippen molar-refractivity contribution >= 4 is 17.8 Å². The van der Waals surface area contributed by atoms with Crippen LogP contribution in [-0.4, -0.2) is 85.2 Å². The summed E-state index contributed by atoms with van der Waals surface area (Å²) in [4.78, 5) is 41.1. The van der Waals surface area contributed by atoms with Crippen molar-refractivity contribution < 1.29 is 24.2 Å². The van der Waals surface area contributed by atoms with E-state index in [9.17, 15) is 19.5 Å². The fourth-order valence-corrected chi connectivity index (χ4v) is 4.01. The van der Waals surface area contributed by atoms with Crippen molar-refractivity contribution in [2.45, 2.75) is 78.6 Å². The zero-order valence-corrected chi connectivity index (χ0v) is 20.4. The van der Waals surface area contributed by atoms with Crippen molar-refractivity contribution in [1.82, 2.24) is 15.1 Å². The van der Waals surface area contributed by atoms with E-state index >= 15 is 0 Å². The molecule has 0 aliphatic rings. The molecular weight excluding hydrogens is 386 g/mol. The summed E-state index contributed by atoms with van der Waals surface area (Å²) in [5, 5.41) is 12.2. The number of likely N-dealkylation sites (N-methyl/N-ethyl adjacent to an activating group) is 2. The first kappa shape index (κ1) is 28.3. The van der Waals surface area contributed by atoms with Gasteiger partial charge in [0.25, 0.3) is 0 Å². The zero-order valence-electron chi connectivity index (χ0n) is 20.4. The molecule has 0 fully saturated rings. The lowest BCUT2D eigenvalue weighted by Gasteiger charge is -2.40. The summed E-state index contributed by atoms with van der Waals surface area (Å²) in [6.07, 6.45) is -0.0749. The van der Waals surface area contributed by atoms with E-state index in [1.165, 1.54) is 7.11 Å². The average Bonchev–Trinajstić information content (AvgIpc) is 2.63. The van der Waals surface area contributed by atoms with E-state index in [4.69, 9.17) is 4.74 Å². The van der Waals surface area contributed by atoms with Gasteiger partial charge in [-0.25, -0.2) is 0 Å². The van der Waals surface area contributed by atoms with Gasteiger partial charge in [0.2, 0.25) is 11.8 Å². The van der Waals surface area contributed by atoms with Crippen LogP contribution in [0.15, 0.2) is 0 Å². The highest BCUT2D eigenvalue weighted by atomic mass is 16.5. The Morgan fingerprint density at radius 1 is 1.00 bits per heavy atom. The smallest absolute Gasteiger partial charge is 0.306 e. The quantitative estimate of drug-likeness (QED) is 0.465. The monoisotopic (exact) mass is 429 g/mol. The Hall–Kier alpha value is -1.67. The van der Waals surface area contributed by atoms with Gasteiger partial charge >= 0.3 is 5.97 Å². The third-order valence-electron chi connectivity index (χ3n) is 5.77. The van der Waals surface area contributed by atoms with Gasteiger partial charge in [0.15, 0.2) is 0 Å². The van der Waals surface area contributed by atoms with Crippen LogP contribution < -0.4 is 5.32 Å². The highest BCUT2D eigenvalue weighted by Gasteiger charge is 2.38. The summed E-state index contributed by atoms with van der Waals surface area (Å²) in [6.45, 7) is 11.7. The van der Waals surface area contributed by atoms with Crippen molar-refractivity contribution in [2.75, 3.05) is 28.3 Å². The zero-order chi connectivity index (χ0) is 23.8. The van der Waals surface area contributed by atoms with E-state index < -0.39 is 24.2 Å². The minimum atomic E-state index is -0.976. The van der Waals surface area contributed by atoms with Gasteiger partial charge in [0, 0.05) is 14.2 Å². The maximum Gasteiger partial charge on any atom is 0.306 e. The van der Waals surface area contributed by atoms with Gasteiger partial charge in [-0.2, -0.15) is 0 Å². The van der Waals surface area contributed by atoms with Crippen molar-refractivity contribution in [3.63, 3.8) is 0 Å². The van der Waals surface area contributed by atoms with Crippen LogP contribution in [0.1, 0.15) is 54.4 Å². The maximum atomic E-state index is 13.4. The van der Waals surface area contributed by atoms with Crippen molar-refractivity contribution in [1.29, 1.82) is 0 Å². The summed E-state index contributed by atoms with van der Waals surface area (Å²) in [6, 6.07) is -1.48. The molecule has 0 heterocycles. The predicted molar refractivity (Wildman–Crippen MR) is 118 cm³/mol. The van der Waals surface area contributed by atoms with Crippen LogP contribution in [0, 0.1) is 17.8 Å². The molecule has 3 unspecified atom stereocenters. The molecule has 0 radical (unpaired) electrons. The first-order chi connectivity index (χ1) is 13.8. The number of rotatable bonds is 13. The molecule has 8 heteroatoms. The number of ether oxygens (including phenoxy) is 1. The van der Waals surface area contributed by atoms with E-state index in [0.717, 1.165) is 6.42 Å². The number of nitrogens with one attached hydrogen (secondary N) is 1. The molecule has 5 atom stereocenters. The predicted octanol–water partition coefficient (Wildman–Crippen LogP) is 2.08. The molecule has 2 amide bonds. The van der Waals surface area contributed by atoms with Crippen LogP contribution in [0.3, 0.4) is 0 Å². The summed E-state index contributed by atoms with van der Waals surface area (Å²) in [5.41, 5.74) is 0. The van der Waals surface area contributed by atoms with E-state index in [1.807, 2.05) is 60.5 Å². The second-order valence-corrected chi connectivity index (χ2v) is 9.08. The highest BCUT2D eigenvalue weighted by molar-refractivity contribution is 5.90. The Bertz CT molecular complexity index is 557. The largest absolute Gasteiger partial charge is 0.481 e. The van der Waals surface area contributed by atoms with Gasteiger partial charge in [-0.15, -0.1) is 0 Å². The van der Waals surface area contributed by atoms with Gasteiger partial charge in [-0.05, 0) is 31.8 Å². The van der Waals surface area contributed by atoms with Crippen LogP contribution in [-0.2, 0) is 19.1 Å². The summed E-state index contributed by atoms with van der Waals surface area (Å²) in [7, 11) is 6.82. The Morgan fingerprint density at radius 3 is 1.87 bits per heavy atom. The standard InChI is InChI=1S/C22H43N3O5/c1-11-15(6)20(16(30-10)12-17(26)27)25(9)22(29)18(13(2)3)23-21(28)19(14(4)5)24(7)8/h13-16,18-20H,11-12H2,1-10H3,(H,23,28)(H,26,27)/t15?,16?,18-,19-,20?/m0/s1. The number of hydrogen-bond donors (Lipinski definition) is 2. The van der Waals surface area contributed by atoms with Crippen molar-refractivity contribution in [3.05, 3.63) is 0 Å². The molecule has 0 saturated heterocycles. The molecule has 0 aliphatic heterocycles. The number of nitrogens with zero attached hydrogens (tertiary/aromatic N) is 2. The van der Waals surface area contributed by atoms with Gasteiger partial charge in [0.05, 0.1) is 24.6 Å². The van der Waals surface area contributed by atoms with Crippen LogP contribution in [0.4, 0.5) is 0 Å². The van der Waals surface area contributed by atoms with Gasteiger partial charge < -0.3 is 20.1 Å². The van der Waals surface area contributed by atoms with E-state index in [0.29, 0.717) is 0 Å². The summed E-state index contributed by atoms with van der Waals surface area (Å²) >= 11 is 0. The molecule has 0 aromatic carbocycles. The second kappa shape index (κ2) is 12.9. The molecule has 0 aromatic heterocycles. The van der Waals surface area contributed by atoms with Crippen molar-refractivity contribution in [2.24, 2.45) is 17.8 Å². The molecule has 2 N–H and O–H groups in total. The van der Waals surface area contributed by atoms with E-state index in [2.05, 4.69) is 5.32 Å². The first-order valence-electron chi connectivity index (χ1n) is 10.8. The fraction of sp³-hybridized carbons (Fsp3) is 0.864. The lowest BCUT2D eigenvalue weighted by molar-refractivity contribution is -0.148. The topological polar surface area (TPSA) is 99.2 Å². The minimum absolute atomic E-state index is 0.0250. The van der Waals surface area contributed by atoms with Crippen LogP contribution in [0.5, 0.6) is 0 Å². The van der Waals surface area contributed by atoms with E-state index in [1.54, 1.807) is 11.9 Å². The molecule has 0 aromatic rings. The molecule has 0 rings (SSSR count). The number of carboxylic acid groups (broad SMARTS) is 1. The average molecular weight is 430 g/mol. The third kappa shape index (κ3) is 7.87. The molecule has 0 bridgehead atoms. The van der Waals surface area contributed by atoms with Crippen LogP contribution >= 0.6 is 0 Å². The number of carboxylic acids is 1.